The maximum Gasteiger partial charge on any atom is 0.187 e. The lowest BCUT2D eigenvalue weighted by Crippen LogP contribution is -2.68. The standard InChI is InChI=1S/C42H72O15/c1-19(2)24(57-52)11-15-42(9,56-37-34(50)32(48)30(46)25(55-37)18-53-36-33(49)31(47)29(45)20(3)54-36)21-10-13-41(8)28(21)22(43)16-27-39(6)17-23(44)35(51)38(4,5)26(39)12-14-40(27,41)7/h20-37,43-52H,1,10-18H2,2-9H3/t20-,21-,22+,23+,24+,25+,26-,27+,28-,29-,30+,31+,32-,33+,34+,35-,36+,37-,39-,40+,41+,42-/m0/s1. The first-order chi connectivity index (χ1) is 26.4. The number of rotatable bonds is 11. The predicted octanol–water partition coefficient (Wildman–Crippen LogP) is 1.62. The largest absolute Gasteiger partial charge is 0.393 e. The monoisotopic (exact) mass is 816 g/mol. The van der Waals surface area contributed by atoms with E-state index >= 15 is 0 Å². The quantitative estimate of drug-likeness (QED) is 0.0809. The zero-order chi connectivity index (χ0) is 42.4. The fraction of sp³-hybridized carbons (Fsp3) is 0.952. The molecular formula is C42H72O15. The van der Waals surface area contributed by atoms with Crippen LogP contribution in [0.15, 0.2) is 12.2 Å². The Hall–Kier alpha value is -0.860. The van der Waals surface area contributed by atoms with Gasteiger partial charge in [0.25, 0.3) is 0 Å². The molecule has 6 aliphatic rings. The molecule has 2 saturated heterocycles. The minimum atomic E-state index is -1.73. The number of aliphatic hydroxyl groups excluding tert-OH is 9. The molecule has 0 aromatic rings. The molecule has 330 valence electrons. The third-order valence-corrected chi connectivity index (χ3v) is 17.0. The Morgan fingerprint density at radius 1 is 0.789 bits per heavy atom. The van der Waals surface area contributed by atoms with Crippen LogP contribution in [0.4, 0.5) is 0 Å². The topological polar surface area (TPSA) is 248 Å². The van der Waals surface area contributed by atoms with E-state index in [0.29, 0.717) is 24.8 Å². The molecule has 0 aromatic heterocycles. The van der Waals surface area contributed by atoms with Gasteiger partial charge in [0.05, 0.1) is 36.6 Å². The Kier molecular flexibility index (Phi) is 12.9. The van der Waals surface area contributed by atoms with Crippen molar-refractivity contribution in [1.29, 1.82) is 0 Å². The normalized spacial score (nSPS) is 52.6. The second-order valence-corrected chi connectivity index (χ2v) is 20.4. The molecule has 15 heteroatoms. The third-order valence-electron chi connectivity index (χ3n) is 17.0. The average molecular weight is 817 g/mol. The molecule has 2 heterocycles. The zero-order valence-electron chi connectivity index (χ0n) is 35.0. The maximum atomic E-state index is 12.5. The van der Waals surface area contributed by atoms with Gasteiger partial charge in [0, 0.05) is 0 Å². The van der Waals surface area contributed by atoms with Gasteiger partial charge in [-0.2, -0.15) is 0 Å². The lowest BCUT2D eigenvalue weighted by molar-refractivity contribution is -0.349. The molecule has 0 unspecified atom stereocenters. The van der Waals surface area contributed by atoms with Crippen molar-refractivity contribution in [3.63, 3.8) is 0 Å². The van der Waals surface area contributed by atoms with Crippen LogP contribution in [0, 0.1) is 45.3 Å². The smallest absolute Gasteiger partial charge is 0.187 e. The first-order valence-electron chi connectivity index (χ1n) is 21.1. The van der Waals surface area contributed by atoms with Crippen molar-refractivity contribution in [3.8, 4) is 0 Å². The molecule has 0 spiro atoms. The number of hydrogen-bond acceptors (Lipinski definition) is 15. The van der Waals surface area contributed by atoms with Crippen LogP contribution in [0.5, 0.6) is 0 Å². The SMILES string of the molecule is C=C(C)[C@@H](CC[C@](C)(O[C@@H]1O[C@H](CO[C@@H]2O[C@@H](C)[C@H](O)[C@@H](O)[C@H]2O)[C@@H](O)[C@H](O)[C@H]1O)[C@H]1CC[C@]2(C)[C@@H]1[C@H](O)C[C@@H]1[C@@]3(C)C[C@@H](O)[C@H](O)C(C)(C)[C@@H]3CC[C@]12C)OO. The predicted molar refractivity (Wildman–Crippen MR) is 204 cm³/mol. The van der Waals surface area contributed by atoms with Gasteiger partial charge in [-0.1, -0.05) is 41.2 Å². The fourth-order valence-corrected chi connectivity index (χ4v) is 13.5. The molecule has 0 radical (unpaired) electrons. The van der Waals surface area contributed by atoms with Crippen molar-refractivity contribution < 1.29 is 75.1 Å². The van der Waals surface area contributed by atoms with Crippen LogP contribution in [0.3, 0.4) is 0 Å². The van der Waals surface area contributed by atoms with E-state index in [1.54, 1.807) is 6.92 Å². The number of aliphatic hydroxyl groups is 9. The van der Waals surface area contributed by atoms with Crippen LogP contribution in [-0.2, 0) is 23.8 Å². The van der Waals surface area contributed by atoms with Crippen LogP contribution in [-0.4, -0.2) is 149 Å². The second-order valence-electron chi connectivity index (χ2n) is 20.4. The lowest BCUT2D eigenvalue weighted by Gasteiger charge is -2.71. The van der Waals surface area contributed by atoms with Crippen molar-refractivity contribution in [3.05, 3.63) is 12.2 Å². The van der Waals surface area contributed by atoms with Gasteiger partial charge < -0.3 is 64.9 Å². The van der Waals surface area contributed by atoms with Crippen molar-refractivity contribution in [2.45, 2.75) is 198 Å². The lowest BCUT2D eigenvalue weighted by atomic mass is 9.35. The molecule has 10 N–H and O–H groups in total. The molecule has 22 atom stereocenters. The highest BCUT2D eigenvalue weighted by Gasteiger charge is 2.72. The van der Waals surface area contributed by atoms with E-state index in [2.05, 4.69) is 41.2 Å². The molecule has 0 amide bonds. The Bertz CT molecular complexity index is 1430. The molecule has 15 nitrogen and oxygen atoms in total. The van der Waals surface area contributed by atoms with Gasteiger partial charge in [0.15, 0.2) is 12.6 Å². The Balaban J connectivity index is 1.29. The molecule has 4 aliphatic carbocycles. The van der Waals surface area contributed by atoms with Crippen LogP contribution in [0.25, 0.3) is 0 Å². The van der Waals surface area contributed by atoms with E-state index in [1.165, 1.54) is 6.92 Å². The van der Waals surface area contributed by atoms with Crippen molar-refractivity contribution in [2.24, 2.45) is 45.3 Å². The highest BCUT2D eigenvalue weighted by molar-refractivity contribution is 5.21. The third kappa shape index (κ3) is 7.39. The molecule has 0 aromatic carbocycles. The highest BCUT2D eigenvalue weighted by Crippen LogP contribution is 2.76. The Morgan fingerprint density at radius 2 is 1.40 bits per heavy atom. The van der Waals surface area contributed by atoms with Crippen molar-refractivity contribution >= 4 is 0 Å². The van der Waals surface area contributed by atoms with Crippen LogP contribution < -0.4 is 0 Å². The molecule has 4 saturated carbocycles. The summed E-state index contributed by atoms with van der Waals surface area (Å²) in [7, 11) is 0. The van der Waals surface area contributed by atoms with Gasteiger partial charge in [-0.15, -0.1) is 0 Å². The molecule has 0 bridgehead atoms. The van der Waals surface area contributed by atoms with Crippen LogP contribution in [0.1, 0.15) is 107 Å². The Labute approximate surface area is 336 Å². The second kappa shape index (κ2) is 16.1. The highest BCUT2D eigenvalue weighted by atomic mass is 17.1. The zero-order valence-corrected chi connectivity index (χ0v) is 35.0. The summed E-state index contributed by atoms with van der Waals surface area (Å²) >= 11 is 0. The minimum absolute atomic E-state index is 0.0582. The summed E-state index contributed by atoms with van der Waals surface area (Å²) in [6.07, 6.45) is -13.2. The van der Waals surface area contributed by atoms with E-state index < -0.39 is 103 Å². The summed E-state index contributed by atoms with van der Waals surface area (Å²) < 4.78 is 24.3. The molecule has 6 fully saturated rings. The van der Waals surface area contributed by atoms with Gasteiger partial charge in [0.2, 0.25) is 0 Å². The van der Waals surface area contributed by atoms with Crippen molar-refractivity contribution in [1.82, 2.24) is 0 Å². The van der Waals surface area contributed by atoms with Crippen LogP contribution >= 0.6 is 0 Å². The number of ether oxygens (including phenoxy) is 4. The number of fused-ring (bicyclic) bond motifs is 5. The van der Waals surface area contributed by atoms with Gasteiger partial charge in [0.1, 0.15) is 48.8 Å². The van der Waals surface area contributed by atoms with Crippen molar-refractivity contribution in [2.75, 3.05) is 6.61 Å². The van der Waals surface area contributed by atoms with E-state index in [9.17, 15) is 51.2 Å². The summed E-state index contributed by atoms with van der Waals surface area (Å²) in [4.78, 5) is 4.80. The summed E-state index contributed by atoms with van der Waals surface area (Å²) in [6.45, 7) is 19.6. The fourth-order valence-electron chi connectivity index (χ4n) is 13.5. The number of hydrogen-bond donors (Lipinski definition) is 10. The maximum absolute atomic E-state index is 12.5. The summed E-state index contributed by atoms with van der Waals surface area (Å²) in [5.74, 6) is -0.384. The van der Waals surface area contributed by atoms with E-state index in [0.717, 1.165) is 19.3 Å². The first-order valence-corrected chi connectivity index (χ1v) is 21.1. The summed E-state index contributed by atoms with van der Waals surface area (Å²) in [5, 5.41) is 109. The molecule has 2 aliphatic heterocycles. The van der Waals surface area contributed by atoms with Gasteiger partial charge in [-0.3, -0.25) is 5.26 Å². The Morgan fingerprint density at radius 3 is 2.04 bits per heavy atom. The van der Waals surface area contributed by atoms with Gasteiger partial charge in [-0.25, -0.2) is 4.89 Å². The average Bonchev–Trinajstić information content (AvgIpc) is 3.53. The van der Waals surface area contributed by atoms with Gasteiger partial charge >= 0.3 is 0 Å². The molecular weight excluding hydrogens is 744 g/mol. The summed E-state index contributed by atoms with van der Waals surface area (Å²) in [6, 6.07) is 0. The van der Waals surface area contributed by atoms with Gasteiger partial charge in [-0.05, 0) is 123 Å². The van der Waals surface area contributed by atoms with E-state index in [-0.39, 0.29) is 52.8 Å². The van der Waals surface area contributed by atoms with E-state index in [1.807, 2.05) is 6.92 Å². The van der Waals surface area contributed by atoms with E-state index in [4.69, 9.17) is 23.8 Å². The summed E-state index contributed by atoms with van der Waals surface area (Å²) in [5.41, 5.74) is -2.06. The minimum Gasteiger partial charge on any atom is -0.393 e. The molecule has 6 rings (SSSR count). The molecule has 57 heavy (non-hydrogen) atoms. The first kappa shape index (κ1) is 45.7. The van der Waals surface area contributed by atoms with Crippen LogP contribution in [0.2, 0.25) is 0 Å².